The summed E-state index contributed by atoms with van der Waals surface area (Å²) < 4.78 is 38.4. The number of benzene rings is 2. The number of hydrogen-bond acceptors (Lipinski definition) is 3. The SMILES string of the molecule is O=C(C1CC1)N(Cc1ccc(C(F)(F)F)cc1)CC1CC(c2ccc(Cl)c(Cl)c2)=NO1. The first-order valence-corrected chi connectivity index (χ1v) is 10.6. The van der Waals surface area contributed by atoms with E-state index in [1.807, 2.05) is 0 Å². The average Bonchev–Trinajstić information content (AvgIpc) is 3.47. The number of carbonyl (C=O) groups excluding carboxylic acids is 1. The topological polar surface area (TPSA) is 41.9 Å². The summed E-state index contributed by atoms with van der Waals surface area (Å²) in [4.78, 5) is 20.0. The van der Waals surface area contributed by atoms with Crippen LogP contribution in [0.25, 0.3) is 0 Å². The van der Waals surface area contributed by atoms with Gasteiger partial charge in [-0.1, -0.05) is 46.6 Å². The van der Waals surface area contributed by atoms with Gasteiger partial charge >= 0.3 is 6.18 Å². The van der Waals surface area contributed by atoms with Crippen molar-refractivity contribution in [2.24, 2.45) is 11.1 Å². The molecule has 1 aliphatic heterocycles. The van der Waals surface area contributed by atoms with Crippen molar-refractivity contribution in [1.82, 2.24) is 4.90 Å². The lowest BCUT2D eigenvalue weighted by molar-refractivity contribution is -0.138. The van der Waals surface area contributed by atoms with Crippen molar-refractivity contribution in [1.29, 1.82) is 0 Å². The van der Waals surface area contributed by atoms with Crippen LogP contribution in [0.2, 0.25) is 10.0 Å². The zero-order valence-electron chi connectivity index (χ0n) is 16.3. The number of carbonyl (C=O) groups is 1. The number of alkyl halides is 3. The van der Waals surface area contributed by atoms with Gasteiger partial charge in [0.25, 0.3) is 0 Å². The molecular formula is C22H19Cl2F3N2O2. The Morgan fingerprint density at radius 2 is 1.81 bits per heavy atom. The minimum atomic E-state index is -4.39. The quantitative estimate of drug-likeness (QED) is 0.523. The van der Waals surface area contributed by atoms with Gasteiger partial charge in [0.1, 0.15) is 0 Å². The number of nitrogens with zero attached hydrogens (tertiary/aromatic N) is 2. The van der Waals surface area contributed by atoms with E-state index in [0.717, 1.165) is 30.5 Å². The molecule has 0 aromatic heterocycles. The standard InChI is InChI=1S/C22H19Cl2F3N2O2/c23-18-8-5-15(9-19(18)24)20-10-17(31-28-20)12-29(21(30)14-3-4-14)11-13-1-6-16(7-2-13)22(25,26)27/h1-2,5-9,14,17H,3-4,10-12H2. The van der Waals surface area contributed by atoms with Crippen LogP contribution in [-0.4, -0.2) is 29.2 Å². The van der Waals surface area contributed by atoms with Crippen molar-refractivity contribution < 1.29 is 22.8 Å². The molecule has 164 valence electrons. The van der Waals surface area contributed by atoms with Crippen molar-refractivity contribution in [2.75, 3.05) is 6.54 Å². The summed E-state index contributed by atoms with van der Waals surface area (Å²) in [7, 11) is 0. The molecule has 0 radical (unpaired) electrons. The van der Waals surface area contributed by atoms with Gasteiger partial charge in [0, 0.05) is 24.4 Å². The summed E-state index contributed by atoms with van der Waals surface area (Å²) in [6, 6.07) is 10.1. The van der Waals surface area contributed by atoms with Gasteiger partial charge in [0.2, 0.25) is 5.91 Å². The molecule has 1 unspecified atom stereocenters. The summed E-state index contributed by atoms with van der Waals surface area (Å²) in [6.45, 7) is 0.514. The summed E-state index contributed by atoms with van der Waals surface area (Å²) in [5.41, 5.74) is 1.41. The Labute approximate surface area is 187 Å². The fourth-order valence-electron chi connectivity index (χ4n) is 3.46. The van der Waals surface area contributed by atoms with E-state index in [2.05, 4.69) is 5.16 Å². The van der Waals surface area contributed by atoms with E-state index in [1.54, 1.807) is 23.1 Å². The monoisotopic (exact) mass is 470 g/mol. The van der Waals surface area contributed by atoms with Gasteiger partial charge in [-0.3, -0.25) is 4.79 Å². The number of amides is 1. The normalized spacial score (nSPS) is 18.5. The predicted molar refractivity (Wildman–Crippen MR) is 112 cm³/mol. The highest BCUT2D eigenvalue weighted by Crippen LogP contribution is 2.33. The Balaban J connectivity index is 1.43. The molecule has 2 aromatic carbocycles. The minimum absolute atomic E-state index is 0.00788. The van der Waals surface area contributed by atoms with Crippen molar-refractivity contribution in [2.45, 2.75) is 38.1 Å². The van der Waals surface area contributed by atoms with Crippen LogP contribution in [0.15, 0.2) is 47.6 Å². The first-order valence-electron chi connectivity index (χ1n) is 9.84. The van der Waals surface area contributed by atoms with Gasteiger partial charge in [-0.25, -0.2) is 0 Å². The van der Waals surface area contributed by atoms with E-state index >= 15 is 0 Å². The Hall–Kier alpha value is -2.25. The molecule has 0 N–H and O–H groups in total. The maximum absolute atomic E-state index is 12.8. The van der Waals surface area contributed by atoms with Gasteiger partial charge in [-0.2, -0.15) is 13.2 Å². The molecule has 1 heterocycles. The highest BCUT2D eigenvalue weighted by Gasteiger charge is 2.36. The highest BCUT2D eigenvalue weighted by atomic mass is 35.5. The van der Waals surface area contributed by atoms with Crippen molar-refractivity contribution in [3.05, 3.63) is 69.2 Å². The molecule has 9 heteroatoms. The van der Waals surface area contributed by atoms with Gasteiger partial charge in [0.15, 0.2) is 6.10 Å². The maximum Gasteiger partial charge on any atom is 0.416 e. The van der Waals surface area contributed by atoms with Gasteiger partial charge in [0.05, 0.1) is 27.9 Å². The van der Waals surface area contributed by atoms with E-state index in [0.29, 0.717) is 34.3 Å². The molecule has 0 saturated heterocycles. The van der Waals surface area contributed by atoms with Crippen LogP contribution in [0.1, 0.15) is 36.0 Å². The number of halogens is 5. The smallest absolute Gasteiger partial charge is 0.390 e. The molecular weight excluding hydrogens is 452 g/mol. The van der Waals surface area contributed by atoms with Crippen LogP contribution in [0.4, 0.5) is 13.2 Å². The minimum Gasteiger partial charge on any atom is -0.390 e. The number of hydrogen-bond donors (Lipinski definition) is 0. The molecule has 1 amide bonds. The van der Waals surface area contributed by atoms with Gasteiger partial charge in [-0.15, -0.1) is 0 Å². The van der Waals surface area contributed by atoms with Crippen molar-refractivity contribution >= 4 is 34.8 Å². The fraction of sp³-hybridized carbons (Fsp3) is 0.364. The lowest BCUT2D eigenvalue weighted by Crippen LogP contribution is -2.38. The fourth-order valence-corrected chi connectivity index (χ4v) is 3.76. The largest absolute Gasteiger partial charge is 0.416 e. The second-order valence-electron chi connectivity index (χ2n) is 7.79. The molecule has 0 spiro atoms. The second kappa shape index (κ2) is 8.71. The molecule has 0 bridgehead atoms. The summed E-state index contributed by atoms with van der Waals surface area (Å²) >= 11 is 12.0. The number of oxime groups is 1. The van der Waals surface area contributed by atoms with E-state index in [-0.39, 0.29) is 24.5 Å². The van der Waals surface area contributed by atoms with Gasteiger partial charge in [-0.05, 0) is 42.7 Å². The van der Waals surface area contributed by atoms with E-state index in [1.165, 1.54) is 12.1 Å². The molecule has 4 rings (SSSR count). The van der Waals surface area contributed by atoms with Crippen LogP contribution in [-0.2, 0) is 22.4 Å². The zero-order chi connectivity index (χ0) is 22.2. The lowest BCUT2D eigenvalue weighted by Gasteiger charge is -2.25. The van der Waals surface area contributed by atoms with Crippen LogP contribution >= 0.6 is 23.2 Å². The molecule has 2 aromatic rings. The van der Waals surface area contributed by atoms with E-state index < -0.39 is 11.7 Å². The Morgan fingerprint density at radius 1 is 1.10 bits per heavy atom. The Morgan fingerprint density at radius 3 is 2.42 bits per heavy atom. The molecule has 1 aliphatic carbocycles. The number of rotatable bonds is 6. The third-order valence-electron chi connectivity index (χ3n) is 5.30. The second-order valence-corrected chi connectivity index (χ2v) is 8.60. The summed E-state index contributed by atoms with van der Waals surface area (Å²) in [6.07, 6.45) is -2.59. The first-order chi connectivity index (χ1) is 14.7. The van der Waals surface area contributed by atoms with Crippen LogP contribution in [0, 0.1) is 5.92 Å². The van der Waals surface area contributed by atoms with Crippen LogP contribution in [0.3, 0.4) is 0 Å². The van der Waals surface area contributed by atoms with Gasteiger partial charge < -0.3 is 9.74 Å². The Bertz CT molecular complexity index is 1000. The summed E-state index contributed by atoms with van der Waals surface area (Å²) in [5, 5.41) is 4.99. The third-order valence-corrected chi connectivity index (χ3v) is 6.04. The molecule has 1 fully saturated rings. The predicted octanol–water partition coefficient (Wildman–Crippen LogP) is 5.94. The third kappa shape index (κ3) is 5.33. The highest BCUT2D eigenvalue weighted by molar-refractivity contribution is 6.42. The average molecular weight is 471 g/mol. The van der Waals surface area contributed by atoms with Crippen LogP contribution in [0.5, 0.6) is 0 Å². The van der Waals surface area contributed by atoms with Crippen molar-refractivity contribution in [3.63, 3.8) is 0 Å². The first kappa shape index (κ1) is 22.0. The van der Waals surface area contributed by atoms with Crippen LogP contribution < -0.4 is 0 Å². The summed E-state index contributed by atoms with van der Waals surface area (Å²) in [5.74, 6) is -0.0298. The molecule has 1 atom stereocenters. The van der Waals surface area contributed by atoms with E-state index in [4.69, 9.17) is 28.0 Å². The molecule has 31 heavy (non-hydrogen) atoms. The molecule has 4 nitrogen and oxygen atoms in total. The Kier molecular flexibility index (Phi) is 6.17. The van der Waals surface area contributed by atoms with E-state index in [9.17, 15) is 18.0 Å². The lowest BCUT2D eigenvalue weighted by atomic mass is 10.0. The zero-order valence-corrected chi connectivity index (χ0v) is 17.8. The van der Waals surface area contributed by atoms with Crippen molar-refractivity contribution in [3.8, 4) is 0 Å². The maximum atomic E-state index is 12.8. The molecule has 2 aliphatic rings. The molecule has 1 saturated carbocycles.